The fourth-order valence-electron chi connectivity index (χ4n) is 3.34. The minimum Gasteiger partial charge on any atom is -0.508 e. The summed E-state index contributed by atoms with van der Waals surface area (Å²) in [6.45, 7) is 4.15. The van der Waals surface area contributed by atoms with Crippen LogP contribution in [0.2, 0.25) is 0 Å². The summed E-state index contributed by atoms with van der Waals surface area (Å²) in [5.74, 6) is 0.201. The summed E-state index contributed by atoms with van der Waals surface area (Å²) in [6.07, 6.45) is 1.71. The number of oxazole rings is 1. The van der Waals surface area contributed by atoms with Gasteiger partial charge in [0.1, 0.15) is 17.9 Å². The lowest BCUT2D eigenvalue weighted by atomic mass is 10.1. The predicted molar refractivity (Wildman–Crippen MR) is 94.3 cm³/mol. The Morgan fingerprint density at radius 3 is 2.77 bits per heavy atom. The van der Waals surface area contributed by atoms with Crippen LogP contribution in [-0.2, 0) is 14.3 Å². The first kappa shape index (κ1) is 17.1. The lowest BCUT2D eigenvalue weighted by molar-refractivity contribution is -0.142. The number of rotatable bonds is 4. The molecule has 8 heteroatoms. The highest BCUT2D eigenvalue weighted by Gasteiger charge is 2.25. The number of ether oxygens (including phenoxy) is 2. The molecule has 0 saturated carbocycles. The first-order chi connectivity index (χ1) is 12.7. The van der Waals surface area contributed by atoms with Gasteiger partial charge >= 0.3 is 0 Å². The zero-order valence-electron chi connectivity index (χ0n) is 14.6. The third-order valence-electron chi connectivity index (χ3n) is 4.88. The summed E-state index contributed by atoms with van der Waals surface area (Å²) in [5, 5.41) is 9.53. The third kappa shape index (κ3) is 3.76. The lowest BCUT2D eigenvalue weighted by Gasteiger charge is -2.31. The number of piperidine rings is 1. The molecule has 2 aliphatic heterocycles. The second kappa shape index (κ2) is 7.51. The SMILES string of the molecule is O=C(COC1CCN(c2nc3ccc(O)cc3o2)CC1)N1CCOCC1. The van der Waals surface area contributed by atoms with E-state index < -0.39 is 0 Å². The second-order valence-electron chi connectivity index (χ2n) is 6.64. The number of carbonyl (C=O) groups excluding carboxylic acids is 1. The van der Waals surface area contributed by atoms with Crippen molar-refractivity contribution < 1.29 is 23.8 Å². The number of aromatic nitrogens is 1. The predicted octanol–water partition coefficient (Wildman–Crippen LogP) is 1.38. The van der Waals surface area contributed by atoms with Gasteiger partial charge in [0.15, 0.2) is 5.58 Å². The Balaban J connectivity index is 1.27. The lowest BCUT2D eigenvalue weighted by Crippen LogP contribution is -2.44. The summed E-state index contributed by atoms with van der Waals surface area (Å²) < 4.78 is 16.8. The van der Waals surface area contributed by atoms with Crippen molar-refractivity contribution >= 4 is 23.0 Å². The summed E-state index contributed by atoms with van der Waals surface area (Å²) in [4.78, 5) is 20.5. The zero-order chi connectivity index (χ0) is 17.9. The van der Waals surface area contributed by atoms with Crippen LogP contribution < -0.4 is 4.90 Å². The molecular formula is C18H23N3O5. The number of fused-ring (bicyclic) bond motifs is 1. The van der Waals surface area contributed by atoms with Gasteiger partial charge < -0.3 is 28.8 Å². The molecule has 1 aromatic carbocycles. The maximum absolute atomic E-state index is 12.1. The Hall–Kier alpha value is -2.32. The van der Waals surface area contributed by atoms with E-state index in [4.69, 9.17) is 13.9 Å². The van der Waals surface area contributed by atoms with Crippen molar-refractivity contribution in [2.24, 2.45) is 0 Å². The molecule has 1 amide bonds. The van der Waals surface area contributed by atoms with E-state index in [9.17, 15) is 9.90 Å². The molecular weight excluding hydrogens is 338 g/mol. The summed E-state index contributed by atoms with van der Waals surface area (Å²) in [5.41, 5.74) is 1.31. The van der Waals surface area contributed by atoms with Crippen LogP contribution in [0.4, 0.5) is 6.01 Å². The van der Waals surface area contributed by atoms with Crippen LogP contribution in [-0.4, -0.2) is 73.0 Å². The molecule has 0 aliphatic carbocycles. The van der Waals surface area contributed by atoms with Crippen LogP contribution in [0.5, 0.6) is 5.75 Å². The van der Waals surface area contributed by atoms with Crippen molar-refractivity contribution in [2.45, 2.75) is 18.9 Å². The number of nitrogens with zero attached hydrogens (tertiary/aromatic N) is 3. The fraction of sp³-hybridized carbons (Fsp3) is 0.556. The summed E-state index contributed by atoms with van der Waals surface area (Å²) >= 11 is 0. The molecule has 0 atom stereocenters. The quantitative estimate of drug-likeness (QED) is 0.880. The molecule has 140 valence electrons. The van der Waals surface area contributed by atoms with E-state index in [-0.39, 0.29) is 24.4 Å². The minimum atomic E-state index is 0.0366. The van der Waals surface area contributed by atoms with Crippen LogP contribution >= 0.6 is 0 Å². The van der Waals surface area contributed by atoms with E-state index >= 15 is 0 Å². The molecule has 2 fully saturated rings. The van der Waals surface area contributed by atoms with E-state index in [0.717, 1.165) is 31.4 Å². The normalized spacial score (nSPS) is 19.2. The van der Waals surface area contributed by atoms with Crippen molar-refractivity contribution in [1.29, 1.82) is 0 Å². The van der Waals surface area contributed by atoms with E-state index in [2.05, 4.69) is 9.88 Å². The van der Waals surface area contributed by atoms with Gasteiger partial charge in [0.2, 0.25) is 5.91 Å². The monoisotopic (exact) mass is 361 g/mol. The van der Waals surface area contributed by atoms with Gasteiger partial charge in [0.05, 0.1) is 19.3 Å². The molecule has 4 rings (SSSR count). The highest BCUT2D eigenvalue weighted by molar-refractivity contribution is 5.77. The van der Waals surface area contributed by atoms with E-state index in [0.29, 0.717) is 37.9 Å². The van der Waals surface area contributed by atoms with E-state index in [1.165, 1.54) is 0 Å². The topological polar surface area (TPSA) is 88.3 Å². The number of hydrogen-bond acceptors (Lipinski definition) is 7. The number of aromatic hydroxyl groups is 1. The molecule has 8 nitrogen and oxygen atoms in total. The average Bonchev–Trinajstić information content (AvgIpc) is 3.10. The first-order valence-electron chi connectivity index (χ1n) is 9.01. The number of hydrogen-bond donors (Lipinski definition) is 1. The molecule has 2 saturated heterocycles. The first-order valence-corrected chi connectivity index (χ1v) is 9.01. The molecule has 0 unspecified atom stereocenters. The maximum Gasteiger partial charge on any atom is 0.298 e. The summed E-state index contributed by atoms with van der Waals surface area (Å²) in [7, 11) is 0. The number of carbonyl (C=O) groups is 1. The van der Waals surface area contributed by atoms with Gasteiger partial charge in [0, 0.05) is 32.2 Å². The largest absolute Gasteiger partial charge is 0.508 e. The molecule has 2 aromatic rings. The number of anilines is 1. The van der Waals surface area contributed by atoms with Gasteiger partial charge in [-0.1, -0.05) is 0 Å². The third-order valence-corrected chi connectivity index (χ3v) is 4.88. The number of phenolic OH excluding ortho intramolecular Hbond substituents is 1. The molecule has 0 radical (unpaired) electrons. The number of benzene rings is 1. The Bertz CT molecular complexity index is 763. The van der Waals surface area contributed by atoms with Crippen molar-refractivity contribution in [2.75, 3.05) is 50.9 Å². The number of phenols is 1. The minimum absolute atomic E-state index is 0.0366. The van der Waals surface area contributed by atoms with E-state index in [1.807, 2.05) is 0 Å². The second-order valence-corrected chi connectivity index (χ2v) is 6.64. The highest BCUT2D eigenvalue weighted by atomic mass is 16.5. The van der Waals surface area contributed by atoms with E-state index in [1.54, 1.807) is 23.1 Å². The van der Waals surface area contributed by atoms with Crippen LogP contribution in [0, 0.1) is 0 Å². The van der Waals surface area contributed by atoms with Gasteiger partial charge in [0.25, 0.3) is 6.01 Å². The van der Waals surface area contributed by atoms with Crippen molar-refractivity contribution in [3.63, 3.8) is 0 Å². The van der Waals surface area contributed by atoms with Crippen LogP contribution in [0.25, 0.3) is 11.1 Å². The van der Waals surface area contributed by atoms with Gasteiger partial charge in [-0.15, -0.1) is 0 Å². The number of morpholine rings is 1. The molecule has 1 aromatic heterocycles. The molecule has 2 aliphatic rings. The maximum atomic E-state index is 12.1. The van der Waals surface area contributed by atoms with Crippen molar-refractivity contribution in [1.82, 2.24) is 9.88 Å². The van der Waals surface area contributed by atoms with Gasteiger partial charge in [-0.25, -0.2) is 0 Å². The van der Waals surface area contributed by atoms with Gasteiger partial charge in [-0.2, -0.15) is 4.98 Å². The highest BCUT2D eigenvalue weighted by Crippen LogP contribution is 2.27. The van der Waals surface area contributed by atoms with Crippen LogP contribution in [0.1, 0.15) is 12.8 Å². The Morgan fingerprint density at radius 2 is 2.00 bits per heavy atom. The summed E-state index contributed by atoms with van der Waals surface area (Å²) in [6, 6.07) is 5.47. The van der Waals surface area contributed by atoms with Crippen molar-refractivity contribution in [3.8, 4) is 5.75 Å². The smallest absolute Gasteiger partial charge is 0.298 e. The number of amides is 1. The van der Waals surface area contributed by atoms with Crippen molar-refractivity contribution in [3.05, 3.63) is 18.2 Å². The Morgan fingerprint density at radius 1 is 1.23 bits per heavy atom. The standard InChI is InChI=1S/C18H23N3O5/c22-13-1-2-15-16(11-13)26-18(19-15)21-5-3-14(4-6-21)25-12-17(23)20-7-9-24-10-8-20/h1-2,11,14,22H,3-10,12H2. The zero-order valence-corrected chi connectivity index (χ0v) is 14.6. The molecule has 0 bridgehead atoms. The average molecular weight is 361 g/mol. The molecule has 0 spiro atoms. The molecule has 26 heavy (non-hydrogen) atoms. The van der Waals surface area contributed by atoms with Crippen LogP contribution in [0.15, 0.2) is 22.6 Å². The molecule has 3 heterocycles. The van der Waals surface area contributed by atoms with Crippen LogP contribution in [0.3, 0.4) is 0 Å². The Kier molecular flexibility index (Phi) is 4.94. The fourth-order valence-corrected chi connectivity index (χ4v) is 3.34. The van der Waals surface area contributed by atoms with Gasteiger partial charge in [-0.05, 0) is 25.0 Å². The molecule has 1 N–H and O–H groups in total. The van der Waals surface area contributed by atoms with Gasteiger partial charge in [-0.3, -0.25) is 4.79 Å². The Labute approximate surface area is 151 Å².